The Morgan fingerprint density at radius 3 is 2.50 bits per heavy atom. The normalized spacial score (nSPS) is 11.2. The molecule has 6 heteroatoms. The molecule has 0 unspecified atom stereocenters. The monoisotopic (exact) mass is 248 g/mol. The van der Waals surface area contributed by atoms with E-state index in [9.17, 15) is 13.2 Å². The number of nitrogens with one attached hydrogen (secondary N) is 1. The molecule has 0 aromatic heterocycles. The Kier molecular flexibility index (Phi) is 4.12. The number of rotatable bonds is 4. The molecular formula is C10H11F3N2S. The molecule has 3 N–H and O–H groups in total. The zero-order valence-corrected chi connectivity index (χ0v) is 9.16. The van der Waals surface area contributed by atoms with Crippen LogP contribution in [0.5, 0.6) is 0 Å². The molecule has 0 spiro atoms. The summed E-state index contributed by atoms with van der Waals surface area (Å²) in [4.78, 5) is 0.275. The van der Waals surface area contributed by atoms with Crippen LogP contribution in [0.4, 0.5) is 18.9 Å². The molecule has 0 aliphatic carbocycles. The molecule has 0 bridgehead atoms. The number of thiocarbonyl (C=S) groups is 1. The van der Waals surface area contributed by atoms with Crippen molar-refractivity contribution in [1.29, 1.82) is 0 Å². The Balaban J connectivity index is 2.76. The molecule has 1 rings (SSSR count). The molecule has 0 atom stereocenters. The van der Waals surface area contributed by atoms with Crippen molar-refractivity contribution in [3.63, 3.8) is 0 Å². The standard InChI is InChI=1S/C10H11F3N2S/c11-10(12,13)7-3-1-2-4-8(7)15-6-5-9(14)16/h1-4,15H,5-6H2,(H2,14,16). The summed E-state index contributed by atoms with van der Waals surface area (Å²) in [6.07, 6.45) is -3.99. The maximum Gasteiger partial charge on any atom is 0.418 e. The third kappa shape index (κ3) is 3.69. The maximum atomic E-state index is 12.5. The van der Waals surface area contributed by atoms with Crippen molar-refractivity contribution in [2.45, 2.75) is 12.6 Å². The lowest BCUT2D eigenvalue weighted by Gasteiger charge is -2.13. The summed E-state index contributed by atoms with van der Waals surface area (Å²) >= 11 is 4.63. The largest absolute Gasteiger partial charge is 0.418 e. The van der Waals surface area contributed by atoms with Crippen LogP contribution in [-0.4, -0.2) is 11.5 Å². The Morgan fingerprint density at radius 1 is 1.31 bits per heavy atom. The number of para-hydroxylation sites is 1. The fraction of sp³-hybridized carbons (Fsp3) is 0.300. The molecule has 0 saturated heterocycles. The van der Waals surface area contributed by atoms with Crippen molar-refractivity contribution >= 4 is 22.9 Å². The van der Waals surface area contributed by atoms with Gasteiger partial charge in [0.1, 0.15) is 0 Å². The van der Waals surface area contributed by atoms with E-state index in [1.54, 1.807) is 6.07 Å². The molecule has 1 aromatic carbocycles. The molecule has 0 saturated carbocycles. The molecule has 0 amide bonds. The van der Waals surface area contributed by atoms with E-state index in [0.717, 1.165) is 6.07 Å². The van der Waals surface area contributed by atoms with E-state index >= 15 is 0 Å². The van der Waals surface area contributed by atoms with Gasteiger partial charge in [-0.2, -0.15) is 13.2 Å². The minimum atomic E-state index is -4.35. The Bertz CT molecular complexity index is 377. The van der Waals surface area contributed by atoms with Crippen molar-refractivity contribution < 1.29 is 13.2 Å². The summed E-state index contributed by atoms with van der Waals surface area (Å²) < 4.78 is 37.6. The van der Waals surface area contributed by atoms with Gasteiger partial charge >= 0.3 is 6.18 Å². The average Bonchev–Trinajstić information content (AvgIpc) is 2.16. The first-order chi connectivity index (χ1) is 7.41. The molecule has 16 heavy (non-hydrogen) atoms. The van der Waals surface area contributed by atoms with E-state index in [0.29, 0.717) is 13.0 Å². The fourth-order valence-corrected chi connectivity index (χ4v) is 1.31. The first-order valence-electron chi connectivity index (χ1n) is 4.59. The van der Waals surface area contributed by atoms with Crippen LogP contribution in [0.25, 0.3) is 0 Å². The van der Waals surface area contributed by atoms with E-state index in [2.05, 4.69) is 17.5 Å². The number of nitrogens with two attached hydrogens (primary N) is 1. The van der Waals surface area contributed by atoms with Crippen LogP contribution in [0, 0.1) is 0 Å². The highest BCUT2D eigenvalue weighted by molar-refractivity contribution is 7.80. The SMILES string of the molecule is NC(=S)CCNc1ccccc1C(F)(F)F. The first kappa shape index (κ1) is 12.8. The zero-order valence-electron chi connectivity index (χ0n) is 8.34. The number of halogens is 3. The van der Waals surface area contributed by atoms with Gasteiger partial charge in [-0.3, -0.25) is 0 Å². The molecule has 88 valence electrons. The summed E-state index contributed by atoms with van der Waals surface area (Å²) in [7, 11) is 0. The maximum absolute atomic E-state index is 12.5. The molecule has 0 aliphatic rings. The van der Waals surface area contributed by atoms with Gasteiger partial charge < -0.3 is 11.1 Å². The number of alkyl halides is 3. The molecule has 2 nitrogen and oxygen atoms in total. The average molecular weight is 248 g/mol. The lowest BCUT2D eigenvalue weighted by Crippen LogP contribution is -2.16. The van der Waals surface area contributed by atoms with Gasteiger partial charge in [0.25, 0.3) is 0 Å². The number of hydrogen-bond acceptors (Lipinski definition) is 2. The molecule has 0 fully saturated rings. The topological polar surface area (TPSA) is 38.0 Å². The highest BCUT2D eigenvalue weighted by Gasteiger charge is 2.32. The van der Waals surface area contributed by atoms with Crippen LogP contribution in [-0.2, 0) is 6.18 Å². The summed E-state index contributed by atoms with van der Waals surface area (Å²) in [6.45, 7) is 0.294. The minimum absolute atomic E-state index is 0.0475. The smallest absolute Gasteiger partial charge is 0.393 e. The van der Waals surface area contributed by atoms with Gasteiger partial charge in [0.15, 0.2) is 0 Å². The van der Waals surface area contributed by atoms with Crippen LogP contribution >= 0.6 is 12.2 Å². The van der Waals surface area contributed by atoms with Gasteiger partial charge in [0.05, 0.1) is 10.6 Å². The second kappa shape index (κ2) is 5.16. The lowest BCUT2D eigenvalue weighted by molar-refractivity contribution is -0.136. The Morgan fingerprint density at radius 2 is 1.94 bits per heavy atom. The van der Waals surface area contributed by atoms with Crippen LogP contribution in [0.2, 0.25) is 0 Å². The van der Waals surface area contributed by atoms with Crippen molar-refractivity contribution in [2.24, 2.45) is 5.73 Å². The van der Waals surface area contributed by atoms with E-state index in [4.69, 9.17) is 5.73 Å². The second-order valence-corrected chi connectivity index (χ2v) is 3.71. The Hall–Kier alpha value is -1.30. The van der Waals surface area contributed by atoms with E-state index in [-0.39, 0.29) is 10.7 Å². The van der Waals surface area contributed by atoms with Crippen molar-refractivity contribution in [1.82, 2.24) is 0 Å². The molecule has 1 aromatic rings. The summed E-state index contributed by atoms with van der Waals surface area (Å²) in [5.41, 5.74) is 4.61. The highest BCUT2D eigenvalue weighted by atomic mass is 32.1. The van der Waals surface area contributed by atoms with Gasteiger partial charge in [0.2, 0.25) is 0 Å². The molecule has 0 radical (unpaired) electrons. The van der Waals surface area contributed by atoms with Crippen LogP contribution in [0.15, 0.2) is 24.3 Å². The number of hydrogen-bond donors (Lipinski definition) is 2. The van der Waals surface area contributed by atoms with E-state index in [1.807, 2.05) is 0 Å². The Labute approximate surface area is 96.6 Å². The lowest BCUT2D eigenvalue weighted by atomic mass is 10.1. The van der Waals surface area contributed by atoms with Crippen molar-refractivity contribution in [2.75, 3.05) is 11.9 Å². The number of anilines is 1. The van der Waals surface area contributed by atoms with E-state index < -0.39 is 11.7 Å². The summed E-state index contributed by atoms with van der Waals surface area (Å²) in [5, 5.41) is 2.66. The first-order valence-corrected chi connectivity index (χ1v) is 5.00. The quantitative estimate of drug-likeness (QED) is 0.805. The molecule has 0 heterocycles. The predicted octanol–water partition coefficient (Wildman–Crippen LogP) is 2.79. The molecular weight excluding hydrogens is 237 g/mol. The van der Waals surface area contributed by atoms with E-state index in [1.165, 1.54) is 12.1 Å². The van der Waals surface area contributed by atoms with Gasteiger partial charge in [-0.1, -0.05) is 24.4 Å². The third-order valence-corrected chi connectivity index (χ3v) is 2.12. The second-order valence-electron chi connectivity index (χ2n) is 3.19. The van der Waals surface area contributed by atoms with Crippen LogP contribution < -0.4 is 11.1 Å². The van der Waals surface area contributed by atoms with Gasteiger partial charge in [0, 0.05) is 18.7 Å². The molecule has 0 aliphatic heterocycles. The third-order valence-electron chi connectivity index (χ3n) is 1.92. The van der Waals surface area contributed by atoms with Crippen LogP contribution in [0.3, 0.4) is 0 Å². The summed E-state index contributed by atoms with van der Waals surface area (Å²) in [6, 6.07) is 5.30. The van der Waals surface area contributed by atoms with Crippen molar-refractivity contribution in [3.05, 3.63) is 29.8 Å². The number of benzene rings is 1. The zero-order chi connectivity index (χ0) is 12.2. The predicted molar refractivity (Wildman–Crippen MR) is 61.3 cm³/mol. The van der Waals surface area contributed by atoms with Gasteiger partial charge in [-0.15, -0.1) is 0 Å². The van der Waals surface area contributed by atoms with Crippen molar-refractivity contribution in [3.8, 4) is 0 Å². The van der Waals surface area contributed by atoms with Crippen LogP contribution in [0.1, 0.15) is 12.0 Å². The minimum Gasteiger partial charge on any atom is -0.393 e. The van der Waals surface area contributed by atoms with Gasteiger partial charge in [-0.05, 0) is 12.1 Å². The summed E-state index contributed by atoms with van der Waals surface area (Å²) in [5.74, 6) is 0. The highest BCUT2D eigenvalue weighted by Crippen LogP contribution is 2.34. The fourth-order valence-electron chi connectivity index (χ4n) is 1.20. The van der Waals surface area contributed by atoms with Gasteiger partial charge in [-0.25, -0.2) is 0 Å².